The summed E-state index contributed by atoms with van der Waals surface area (Å²) >= 11 is 5.91. The zero-order valence-electron chi connectivity index (χ0n) is 11.3. The van der Waals surface area contributed by atoms with Gasteiger partial charge in [-0.05, 0) is 12.1 Å². The maximum Gasteiger partial charge on any atom is 0.334 e. The molecule has 7 nitrogen and oxygen atoms in total. The van der Waals surface area contributed by atoms with Crippen LogP contribution < -0.4 is 10.1 Å². The van der Waals surface area contributed by atoms with Gasteiger partial charge in [-0.15, -0.1) is 0 Å². The van der Waals surface area contributed by atoms with Crippen LogP contribution in [0.15, 0.2) is 18.2 Å². The molecule has 0 aliphatic carbocycles. The van der Waals surface area contributed by atoms with E-state index in [1.54, 1.807) is 18.2 Å². The van der Waals surface area contributed by atoms with E-state index in [2.05, 4.69) is 5.32 Å². The van der Waals surface area contributed by atoms with E-state index in [9.17, 15) is 9.59 Å². The van der Waals surface area contributed by atoms with Crippen LogP contribution in [0, 0.1) is 0 Å². The molecule has 0 spiro atoms. The number of carboxylic acid groups (broad SMARTS) is 1. The fraction of sp³-hybridized carbons (Fsp3) is 0.385. The number of nitrogens with one attached hydrogen (secondary N) is 1. The van der Waals surface area contributed by atoms with Crippen molar-refractivity contribution in [2.24, 2.45) is 0 Å². The highest BCUT2D eigenvalue weighted by atomic mass is 35.5. The number of aliphatic carboxylic acids is 1. The topological polar surface area (TPSA) is 88.1 Å². The quantitative estimate of drug-likeness (QED) is 0.886. The van der Waals surface area contributed by atoms with Gasteiger partial charge in [-0.2, -0.15) is 0 Å². The first-order valence-corrected chi connectivity index (χ1v) is 6.63. The molecule has 1 heterocycles. The van der Waals surface area contributed by atoms with E-state index in [0.717, 1.165) is 0 Å². The molecule has 0 saturated carbocycles. The third kappa shape index (κ3) is 3.77. The van der Waals surface area contributed by atoms with Crippen LogP contribution >= 0.6 is 11.6 Å². The fourth-order valence-electron chi connectivity index (χ4n) is 1.92. The Morgan fingerprint density at radius 3 is 2.95 bits per heavy atom. The summed E-state index contributed by atoms with van der Waals surface area (Å²) in [4.78, 5) is 24.4. The molecule has 1 saturated heterocycles. The summed E-state index contributed by atoms with van der Waals surface area (Å²) in [5.74, 6) is -0.638. The molecule has 0 radical (unpaired) electrons. The van der Waals surface area contributed by atoms with E-state index in [0.29, 0.717) is 23.0 Å². The largest absolute Gasteiger partial charge is 0.495 e. The molecule has 1 aromatic rings. The summed E-state index contributed by atoms with van der Waals surface area (Å²) in [7, 11) is 1.48. The number of morpholine rings is 1. The molecule has 114 valence electrons. The van der Waals surface area contributed by atoms with Crippen molar-refractivity contribution in [1.29, 1.82) is 0 Å². The predicted octanol–water partition coefficient (Wildman–Crippen LogP) is 1.67. The van der Waals surface area contributed by atoms with Gasteiger partial charge < -0.3 is 24.8 Å². The molecule has 1 unspecified atom stereocenters. The van der Waals surface area contributed by atoms with Gasteiger partial charge in [0.15, 0.2) is 6.10 Å². The summed E-state index contributed by atoms with van der Waals surface area (Å²) in [5.41, 5.74) is 0.514. The van der Waals surface area contributed by atoms with Gasteiger partial charge >= 0.3 is 12.0 Å². The Hall–Kier alpha value is -1.99. The Labute approximate surface area is 126 Å². The van der Waals surface area contributed by atoms with Gasteiger partial charge in [0.1, 0.15) is 5.75 Å². The number of hydrogen-bond donors (Lipinski definition) is 2. The molecule has 1 aliphatic rings. The number of halogens is 1. The van der Waals surface area contributed by atoms with E-state index >= 15 is 0 Å². The SMILES string of the molecule is COc1cc(NC(=O)N2CCOC(C(=O)O)C2)ccc1Cl. The molecule has 2 amide bonds. The second kappa shape index (κ2) is 6.64. The van der Waals surface area contributed by atoms with Crippen LogP contribution in [0.5, 0.6) is 5.75 Å². The number of carbonyl (C=O) groups excluding carboxylic acids is 1. The second-order valence-electron chi connectivity index (χ2n) is 4.42. The van der Waals surface area contributed by atoms with Crippen LogP contribution in [0.1, 0.15) is 0 Å². The Bertz CT molecular complexity index is 551. The molecule has 2 N–H and O–H groups in total. The average molecular weight is 315 g/mol. The van der Waals surface area contributed by atoms with Gasteiger partial charge in [-0.25, -0.2) is 9.59 Å². The van der Waals surface area contributed by atoms with Gasteiger partial charge in [0.2, 0.25) is 0 Å². The monoisotopic (exact) mass is 314 g/mol. The third-order valence-electron chi connectivity index (χ3n) is 3.03. The smallest absolute Gasteiger partial charge is 0.334 e. The van der Waals surface area contributed by atoms with Crippen molar-refractivity contribution < 1.29 is 24.2 Å². The minimum atomic E-state index is -1.08. The van der Waals surface area contributed by atoms with E-state index in [1.165, 1.54) is 12.0 Å². The minimum Gasteiger partial charge on any atom is -0.495 e. The number of nitrogens with zero attached hydrogens (tertiary/aromatic N) is 1. The lowest BCUT2D eigenvalue weighted by Gasteiger charge is -2.30. The van der Waals surface area contributed by atoms with Crippen LogP contribution in [0.4, 0.5) is 10.5 Å². The van der Waals surface area contributed by atoms with E-state index in [1.807, 2.05) is 0 Å². The third-order valence-corrected chi connectivity index (χ3v) is 3.34. The standard InChI is InChI=1S/C13H15ClN2O5/c1-20-10-6-8(2-3-9(10)14)15-13(19)16-4-5-21-11(7-16)12(17)18/h2-3,6,11H,4-5,7H2,1H3,(H,15,19)(H,17,18). The number of anilines is 1. The van der Waals surface area contributed by atoms with E-state index < -0.39 is 18.1 Å². The van der Waals surface area contributed by atoms with Crippen molar-refractivity contribution in [3.8, 4) is 5.75 Å². The highest BCUT2D eigenvalue weighted by molar-refractivity contribution is 6.32. The van der Waals surface area contributed by atoms with Gasteiger partial charge in [0, 0.05) is 18.3 Å². The fourth-order valence-corrected chi connectivity index (χ4v) is 2.12. The van der Waals surface area contributed by atoms with E-state index in [4.69, 9.17) is 26.2 Å². The molecule has 0 aromatic heterocycles. The number of rotatable bonds is 3. The van der Waals surface area contributed by atoms with Gasteiger partial charge in [0.25, 0.3) is 0 Å². The zero-order chi connectivity index (χ0) is 15.4. The van der Waals surface area contributed by atoms with Gasteiger partial charge in [-0.1, -0.05) is 11.6 Å². The molecule has 2 rings (SSSR count). The molecular formula is C13H15ClN2O5. The van der Waals surface area contributed by atoms with Crippen LogP contribution in [0.2, 0.25) is 5.02 Å². The number of benzene rings is 1. The van der Waals surface area contributed by atoms with Crippen molar-refractivity contribution in [1.82, 2.24) is 4.90 Å². The first-order valence-electron chi connectivity index (χ1n) is 6.25. The zero-order valence-corrected chi connectivity index (χ0v) is 12.1. The Balaban J connectivity index is 2.02. The highest BCUT2D eigenvalue weighted by Crippen LogP contribution is 2.27. The summed E-state index contributed by atoms with van der Waals surface area (Å²) in [6.07, 6.45) is -0.996. The van der Waals surface area contributed by atoms with Crippen molar-refractivity contribution in [3.05, 3.63) is 23.2 Å². The molecule has 0 bridgehead atoms. The molecule has 1 aromatic carbocycles. The first kappa shape index (κ1) is 15.4. The van der Waals surface area contributed by atoms with Crippen LogP contribution in [-0.4, -0.2) is 54.9 Å². The predicted molar refractivity (Wildman–Crippen MR) is 76.0 cm³/mol. The molecule has 1 atom stereocenters. The highest BCUT2D eigenvalue weighted by Gasteiger charge is 2.29. The van der Waals surface area contributed by atoms with Gasteiger partial charge in [-0.3, -0.25) is 0 Å². The van der Waals surface area contributed by atoms with Crippen molar-refractivity contribution in [3.63, 3.8) is 0 Å². The minimum absolute atomic E-state index is 0.00584. The number of hydrogen-bond acceptors (Lipinski definition) is 4. The maximum absolute atomic E-state index is 12.1. The molecule has 1 aliphatic heterocycles. The summed E-state index contributed by atoms with van der Waals surface area (Å²) in [6, 6.07) is 4.44. The number of methoxy groups -OCH3 is 1. The van der Waals surface area contributed by atoms with Crippen molar-refractivity contribution in [2.75, 3.05) is 32.1 Å². The van der Waals surface area contributed by atoms with Crippen LogP contribution in [-0.2, 0) is 9.53 Å². The van der Waals surface area contributed by atoms with Crippen LogP contribution in [0.25, 0.3) is 0 Å². The Morgan fingerprint density at radius 2 is 2.29 bits per heavy atom. The number of carboxylic acids is 1. The Kier molecular flexibility index (Phi) is 4.87. The molecule has 1 fully saturated rings. The lowest BCUT2D eigenvalue weighted by atomic mass is 10.2. The van der Waals surface area contributed by atoms with Crippen molar-refractivity contribution in [2.45, 2.75) is 6.10 Å². The summed E-state index contributed by atoms with van der Waals surface area (Å²) in [5, 5.41) is 12.0. The first-order chi connectivity index (χ1) is 10.0. The van der Waals surface area contributed by atoms with Gasteiger partial charge in [0.05, 0.1) is 25.3 Å². The summed E-state index contributed by atoms with van der Waals surface area (Å²) in [6.45, 7) is 0.528. The molecular weight excluding hydrogens is 300 g/mol. The van der Waals surface area contributed by atoms with E-state index in [-0.39, 0.29) is 13.2 Å². The molecule has 21 heavy (non-hydrogen) atoms. The number of amides is 2. The Morgan fingerprint density at radius 1 is 1.52 bits per heavy atom. The number of ether oxygens (including phenoxy) is 2. The van der Waals surface area contributed by atoms with Crippen molar-refractivity contribution >= 4 is 29.3 Å². The lowest BCUT2D eigenvalue weighted by molar-refractivity contribution is -0.154. The van der Waals surface area contributed by atoms with Crippen LogP contribution in [0.3, 0.4) is 0 Å². The number of urea groups is 1. The lowest BCUT2D eigenvalue weighted by Crippen LogP contribution is -2.49. The number of carbonyl (C=O) groups is 2. The normalized spacial score (nSPS) is 18.2. The maximum atomic E-state index is 12.1. The second-order valence-corrected chi connectivity index (χ2v) is 4.83. The summed E-state index contributed by atoms with van der Waals surface area (Å²) < 4.78 is 10.1. The molecule has 8 heteroatoms. The average Bonchev–Trinajstić information content (AvgIpc) is 2.49.